The minimum absolute atomic E-state index is 0.0949. The molecule has 1 aliphatic heterocycles. The first-order valence-electron chi connectivity index (χ1n) is 6.31. The van der Waals surface area contributed by atoms with Gasteiger partial charge in [-0.2, -0.15) is 11.8 Å². The molecule has 0 aromatic heterocycles. The first kappa shape index (κ1) is 12.8. The molecule has 2 unspecified atom stereocenters. The Morgan fingerprint density at radius 2 is 2.12 bits per heavy atom. The summed E-state index contributed by atoms with van der Waals surface area (Å²) >= 11 is 1.99. The van der Waals surface area contributed by atoms with Crippen molar-refractivity contribution >= 4 is 11.8 Å². The van der Waals surface area contributed by atoms with Gasteiger partial charge in [0.15, 0.2) is 0 Å². The zero-order valence-electron chi connectivity index (χ0n) is 10.6. The van der Waals surface area contributed by atoms with Crippen LogP contribution in [-0.2, 0) is 0 Å². The van der Waals surface area contributed by atoms with Crippen molar-refractivity contribution in [1.82, 2.24) is 0 Å². The molecular weight excluding hydrogens is 230 g/mol. The normalized spacial score (nSPS) is 21.8. The van der Waals surface area contributed by atoms with Gasteiger partial charge in [-0.1, -0.05) is 18.2 Å². The van der Waals surface area contributed by atoms with E-state index in [0.29, 0.717) is 5.25 Å². The summed E-state index contributed by atoms with van der Waals surface area (Å²) in [5, 5.41) is 0.548. The Hall–Kier alpha value is -0.670. The van der Waals surface area contributed by atoms with E-state index in [-0.39, 0.29) is 12.1 Å². The maximum atomic E-state index is 6.38. The van der Waals surface area contributed by atoms with Gasteiger partial charge in [-0.05, 0) is 38.5 Å². The third-order valence-electron chi connectivity index (χ3n) is 3.01. The third-order valence-corrected chi connectivity index (χ3v) is 4.49. The van der Waals surface area contributed by atoms with Crippen LogP contribution in [0.5, 0.6) is 5.75 Å². The molecule has 3 heteroatoms. The van der Waals surface area contributed by atoms with Gasteiger partial charge in [-0.25, -0.2) is 0 Å². The molecule has 0 bridgehead atoms. The van der Waals surface area contributed by atoms with Gasteiger partial charge in [0.05, 0.1) is 6.10 Å². The van der Waals surface area contributed by atoms with Crippen molar-refractivity contribution in [2.75, 3.05) is 5.75 Å². The Morgan fingerprint density at radius 1 is 1.35 bits per heavy atom. The molecule has 0 amide bonds. The van der Waals surface area contributed by atoms with Crippen molar-refractivity contribution in [2.45, 2.75) is 44.1 Å². The Balaban J connectivity index is 2.18. The van der Waals surface area contributed by atoms with Crippen LogP contribution < -0.4 is 10.5 Å². The Bertz CT molecular complexity index is 361. The van der Waals surface area contributed by atoms with Crippen molar-refractivity contribution in [2.24, 2.45) is 5.73 Å². The zero-order valence-corrected chi connectivity index (χ0v) is 11.4. The molecule has 1 fully saturated rings. The average Bonchev–Trinajstić information content (AvgIpc) is 2.81. The lowest BCUT2D eigenvalue weighted by atomic mass is 10.0. The van der Waals surface area contributed by atoms with E-state index in [0.717, 1.165) is 11.3 Å². The van der Waals surface area contributed by atoms with Gasteiger partial charge < -0.3 is 10.5 Å². The number of ether oxygens (including phenoxy) is 1. The van der Waals surface area contributed by atoms with Crippen molar-refractivity contribution in [3.05, 3.63) is 29.8 Å². The van der Waals surface area contributed by atoms with Crippen LogP contribution >= 0.6 is 11.8 Å². The molecule has 94 valence electrons. The molecule has 0 saturated carbocycles. The molecule has 1 saturated heterocycles. The summed E-state index contributed by atoms with van der Waals surface area (Å²) in [6.45, 7) is 4.10. The van der Waals surface area contributed by atoms with Crippen LogP contribution in [0.3, 0.4) is 0 Å². The summed E-state index contributed by atoms with van der Waals surface area (Å²) < 4.78 is 5.84. The van der Waals surface area contributed by atoms with Gasteiger partial charge in [0.25, 0.3) is 0 Å². The Morgan fingerprint density at radius 3 is 2.76 bits per heavy atom. The van der Waals surface area contributed by atoms with Gasteiger partial charge in [-0.15, -0.1) is 0 Å². The molecule has 1 aliphatic rings. The van der Waals surface area contributed by atoms with E-state index in [2.05, 4.69) is 6.07 Å². The summed E-state index contributed by atoms with van der Waals surface area (Å²) in [7, 11) is 0. The fourth-order valence-corrected chi connectivity index (χ4v) is 3.53. The summed E-state index contributed by atoms with van der Waals surface area (Å²) in [4.78, 5) is 0. The second-order valence-electron chi connectivity index (χ2n) is 4.78. The fraction of sp³-hybridized carbons (Fsp3) is 0.571. The SMILES string of the molecule is CC(C)Oc1ccccc1C(N)C1CCCS1. The first-order chi connectivity index (χ1) is 8.18. The van der Waals surface area contributed by atoms with E-state index in [4.69, 9.17) is 10.5 Å². The minimum atomic E-state index is 0.0949. The monoisotopic (exact) mass is 251 g/mol. The molecule has 17 heavy (non-hydrogen) atoms. The topological polar surface area (TPSA) is 35.2 Å². The molecule has 2 nitrogen and oxygen atoms in total. The number of para-hydroxylation sites is 1. The standard InChI is InChI=1S/C14H21NOS/c1-10(2)16-12-7-4-3-6-11(12)14(15)13-8-5-9-17-13/h3-4,6-7,10,13-14H,5,8-9,15H2,1-2H3. The molecule has 0 radical (unpaired) electrons. The largest absolute Gasteiger partial charge is 0.491 e. The quantitative estimate of drug-likeness (QED) is 0.891. The van der Waals surface area contributed by atoms with Crippen molar-refractivity contribution in [3.8, 4) is 5.75 Å². The number of thioether (sulfide) groups is 1. The first-order valence-corrected chi connectivity index (χ1v) is 7.36. The summed E-state index contributed by atoms with van der Waals surface area (Å²) in [5.41, 5.74) is 7.53. The van der Waals surface area contributed by atoms with E-state index in [1.165, 1.54) is 18.6 Å². The van der Waals surface area contributed by atoms with Crippen LogP contribution in [0.15, 0.2) is 24.3 Å². The highest BCUT2D eigenvalue weighted by Gasteiger charge is 2.26. The number of hydrogen-bond donors (Lipinski definition) is 1. The summed E-state index contributed by atoms with van der Waals surface area (Å²) in [6, 6.07) is 8.27. The van der Waals surface area contributed by atoms with Crippen molar-refractivity contribution in [3.63, 3.8) is 0 Å². The van der Waals surface area contributed by atoms with Gasteiger partial charge in [0, 0.05) is 16.9 Å². The lowest BCUT2D eigenvalue weighted by Gasteiger charge is -2.22. The highest BCUT2D eigenvalue weighted by Crippen LogP contribution is 2.37. The van der Waals surface area contributed by atoms with Gasteiger partial charge in [-0.3, -0.25) is 0 Å². The zero-order chi connectivity index (χ0) is 12.3. The molecule has 2 N–H and O–H groups in total. The van der Waals surface area contributed by atoms with Crippen LogP contribution in [0.25, 0.3) is 0 Å². The number of rotatable bonds is 4. The average molecular weight is 251 g/mol. The number of nitrogens with two attached hydrogens (primary N) is 1. The van der Waals surface area contributed by atoms with E-state index >= 15 is 0 Å². The van der Waals surface area contributed by atoms with Gasteiger partial charge >= 0.3 is 0 Å². The molecule has 1 aromatic carbocycles. The van der Waals surface area contributed by atoms with Gasteiger partial charge in [0.1, 0.15) is 5.75 Å². The third kappa shape index (κ3) is 3.17. The van der Waals surface area contributed by atoms with Crippen molar-refractivity contribution in [1.29, 1.82) is 0 Å². The lowest BCUT2D eigenvalue weighted by molar-refractivity contribution is 0.238. The molecule has 2 rings (SSSR count). The van der Waals surface area contributed by atoms with Crippen LogP contribution in [0, 0.1) is 0 Å². The maximum absolute atomic E-state index is 6.38. The fourth-order valence-electron chi connectivity index (χ4n) is 2.20. The molecule has 0 spiro atoms. The number of hydrogen-bond acceptors (Lipinski definition) is 3. The van der Waals surface area contributed by atoms with Crippen molar-refractivity contribution < 1.29 is 4.74 Å². The number of benzene rings is 1. The van der Waals surface area contributed by atoms with E-state index in [1.54, 1.807) is 0 Å². The van der Waals surface area contributed by atoms with Crippen LogP contribution in [0.1, 0.15) is 38.3 Å². The molecule has 1 aromatic rings. The summed E-state index contributed by atoms with van der Waals surface area (Å²) in [6.07, 6.45) is 2.71. The minimum Gasteiger partial charge on any atom is -0.491 e. The maximum Gasteiger partial charge on any atom is 0.124 e. The second kappa shape index (κ2) is 5.78. The predicted octanol–water partition coefficient (Wildman–Crippen LogP) is 3.37. The highest BCUT2D eigenvalue weighted by molar-refractivity contribution is 8.00. The molecular formula is C14H21NOS. The highest BCUT2D eigenvalue weighted by atomic mass is 32.2. The van der Waals surface area contributed by atoms with E-state index in [1.807, 2.05) is 43.8 Å². The molecule has 2 atom stereocenters. The van der Waals surface area contributed by atoms with Crippen LogP contribution in [-0.4, -0.2) is 17.1 Å². The lowest BCUT2D eigenvalue weighted by Crippen LogP contribution is -2.23. The Kier molecular flexibility index (Phi) is 4.35. The smallest absolute Gasteiger partial charge is 0.124 e. The van der Waals surface area contributed by atoms with E-state index in [9.17, 15) is 0 Å². The van der Waals surface area contributed by atoms with Crippen LogP contribution in [0.2, 0.25) is 0 Å². The second-order valence-corrected chi connectivity index (χ2v) is 6.13. The summed E-state index contributed by atoms with van der Waals surface area (Å²) in [5.74, 6) is 2.19. The molecule has 1 heterocycles. The predicted molar refractivity (Wildman–Crippen MR) is 74.6 cm³/mol. The van der Waals surface area contributed by atoms with E-state index < -0.39 is 0 Å². The Labute approximate surface area is 108 Å². The van der Waals surface area contributed by atoms with Gasteiger partial charge in [0.2, 0.25) is 0 Å². The van der Waals surface area contributed by atoms with Crippen LogP contribution in [0.4, 0.5) is 0 Å². The molecule has 0 aliphatic carbocycles.